The highest BCUT2D eigenvalue weighted by Gasteiger charge is 2.16. The summed E-state index contributed by atoms with van der Waals surface area (Å²) < 4.78 is 31.5. The lowest BCUT2D eigenvalue weighted by molar-refractivity contribution is -0.115. The van der Waals surface area contributed by atoms with Crippen LogP contribution in [0, 0.1) is 5.82 Å². The molecule has 0 bridgehead atoms. The first-order valence-corrected chi connectivity index (χ1v) is 11.5. The zero-order valence-electron chi connectivity index (χ0n) is 20.1. The van der Waals surface area contributed by atoms with Gasteiger partial charge in [0.15, 0.2) is 5.82 Å². The molecular formula is C27H27FN4O4. The molecular weight excluding hydrogens is 463 g/mol. The molecule has 1 aromatic heterocycles. The highest BCUT2D eigenvalue weighted by Crippen LogP contribution is 2.25. The zero-order valence-corrected chi connectivity index (χ0v) is 20.1. The van der Waals surface area contributed by atoms with Gasteiger partial charge < -0.3 is 19.5 Å². The average molecular weight is 491 g/mol. The predicted molar refractivity (Wildman–Crippen MR) is 134 cm³/mol. The van der Waals surface area contributed by atoms with E-state index in [2.05, 4.69) is 15.4 Å². The van der Waals surface area contributed by atoms with Crippen molar-refractivity contribution in [2.24, 2.45) is 0 Å². The van der Waals surface area contributed by atoms with Crippen LogP contribution in [0.15, 0.2) is 72.8 Å². The van der Waals surface area contributed by atoms with Crippen molar-refractivity contribution >= 4 is 11.6 Å². The number of nitrogens with zero attached hydrogens (tertiary/aromatic N) is 3. The summed E-state index contributed by atoms with van der Waals surface area (Å²) in [6, 6.07) is 20.8. The minimum atomic E-state index is -0.379. The van der Waals surface area contributed by atoms with Crippen LogP contribution in [0.3, 0.4) is 0 Å². The number of carbonyl (C=O) groups excluding carboxylic acids is 1. The Bertz CT molecular complexity index is 1290. The standard InChI is InChI=1S/C27H27FN4O4/c1-3-35-15-16-36-27-30-26(20-5-4-6-21(28)18-20)32(31-27)23-11-9-22(10-12-23)29-25(33)17-19-7-13-24(34-2)14-8-19/h4-14,18H,3,15-17H2,1-2H3,(H,29,33). The monoisotopic (exact) mass is 490 g/mol. The maximum Gasteiger partial charge on any atom is 0.336 e. The van der Waals surface area contributed by atoms with E-state index in [1.807, 2.05) is 31.2 Å². The number of aromatic nitrogens is 3. The molecule has 36 heavy (non-hydrogen) atoms. The van der Waals surface area contributed by atoms with Crippen molar-refractivity contribution < 1.29 is 23.4 Å². The molecule has 0 aliphatic rings. The maximum atomic E-state index is 13.9. The zero-order chi connectivity index (χ0) is 25.3. The topological polar surface area (TPSA) is 87.5 Å². The Balaban J connectivity index is 1.50. The molecule has 0 unspecified atom stereocenters. The highest BCUT2D eigenvalue weighted by atomic mass is 19.1. The van der Waals surface area contributed by atoms with E-state index in [0.29, 0.717) is 42.6 Å². The van der Waals surface area contributed by atoms with Crippen molar-refractivity contribution in [2.75, 3.05) is 32.2 Å². The van der Waals surface area contributed by atoms with Crippen molar-refractivity contribution in [3.63, 3.8) is 0 Å². The molecule has 1 N–H and O–H groups in total. The molecule has 4 aromatic rings. The molecule has 0 radical (unpaired) electrons. The van der Waals surface area contributed by atoms with Crippen LogP contribution < -0.4 is 14.8 Å². The van der Waals surface area contributed by atoms with E-state index in [4.69, 9.17) is 14.2 Å². The van der Waals surface area contributed by atoms with E-state index < -0.39 is 0 Å². The van der Waals surface area contributed by atoms with E-state index in [-0.39, 0.29) is 24.2 Å². The molecule has 0 atom stereocenters. The van der Waals surface area contributed by atoms with Crippen molar-refractivity contribution in [2.45, 2.75) is 13.3 Å². The first-order chi connectivity index (χ1) is 17.6. The number of carbonyl (C=O) groups is 1. The number of halogens is 1. The van der Waals surface area contributed by atoms with E-state index in [0.717, 1.165) is 11.3 Å². The Labute approximate surface area is 208 Å². The summed E-state index contributed by atoms with van der Waals surface area (Å²) in [7, 11) is 1.60. The molecule has 186 valence electrons. The third-order valence-corrected chi connectivity index (χ3v) is 5.25. The van der Waals surface area contributed by atoms with Gasteiger partial charge in [-0.1, -0.05) is 24.3 Å². The van der Waals surface area contributed by atoms with Gasteiger partial charge in [-0.3, -0.25) is 4.79 Å². The number of hydrogen-bond acceptors (Lipinski definition) is 6. The molecule has 1 amide bonds. The quantitative estimate of drug-likeness (QED) is 0.307. The smallest absolute Gasteiger partial charge is 0.336 e. The van der Waals surface area contributed by atoms with Crippen LogP contribution in [0.2, 0.25) is 0 Å². The second-order valence-corrected chi connectivity index (χ2v) is 7.81. The minimum absolute atomic E-state index is 0.140. The number of hydrogen-bond donors (Lipinski definition) is 1. The second kappa shape index (κ2) is 11.9. The maximum absolute atomic E-state index is 13.9. The number of nitrogens with one attached hydrogen (secondary N) is 1. The molecule has 3 aromatic carbocycles. The van der Waals surface area contributed by atoms with E-state index in [1.54, 1.807) is 48.2 Å². The van der Waals surface area contributed by atoms with Gasteiger partial charge >= 0.3 is 6.01 Å². The lowest BCUT2D eigenvalue weighted by Gasteiger charge is -2.09. The first kappa shape index (κ1) is 24.9. The molecule has 9 heteroatoms. The van der Waals surface area contributed by atoms with Crippen LogP contribution in [0.4, 0.5) is 10.1 Å². The van der Waals surface area contributed by atoms with Gasteiger partial charge in [0.1, 0.15) is 18.2 Å². The summed E-state index contributed by atoms with van der Waals surface area (Å²) in [5.74, 6) is 0.649. The lowest BCUT2D eigenvalue weighted by Crippen LogP contribution is -2.14. The SMILES string of the molecule is CCOCCOc1nc(-c2cccc(F)c2)n(-c2ccc(NC(=O)Cc3ccc(OC)cc3)cc2)n1. The molecule has 0 saturated carbocycles. The Morgan fingerprint density at radius 1 is 1.03 bits per heavy atom. The molecule has 0 fully saturated rings. The van der Waals surface area contributed by atoms with Crippen LogP contribution in [0.5, 0.6) is 11.8 Å². The minimum Gasteiger partial charge on any atom is -0.497 e. The number of anilines is 1. The Hall–Kier alpha value is -4.24. The summed E-state index contributed by atoms with van der Waals surface area (Å²) in [4.78, 5) is 16.9. The normalized spacial score (nSPS) is 10.8. The fourth-order valence-electron chi connectivity index (χ4n) is 3.50. The van der Waals surface area contributed by atoms with Gasteiger partial charge in [0.2, 0.25) is 5.91 Å². The van der Waals surface area contributed by atoms with Gasteiger partial charge in [-0.25, -0.2) is 9.07 Å². The van der Waals surface area contributed by atoms with E-state index in [9.17, 15) is 9.18 Å². The van der Waals surface area contributed by atoms with Crippen molar-refractivity contribution in [3.8, 4) is 28.8 Å². The van der Waals surface area contributed by atoms with Gasteiger partial charge in [-0.05, 0) is 61.0 Å². The molecule has 0 aliphatic carbocycles. The Kier molecular flexibility index (Phi) is 8.25. The number of methoxy groups -OCH3 is 1. The number of ether oxygens (including phenoxy) is 3. The number of benzene rings is 3. The van der Waals surface area contributed by atoms with Crippen molar-refractivity contribution in [1.29, 1.82) is 0 Å². The van der Waals surface area contributed by atoms with Crippen LogP contribution >= 0.6 is 0 Å². The average Bonchev–Trinajstić information content (AvgIpc) is 3.32. The van der Waals surface area contributed by atoms with Gasteiger partial charge in [0, 0.05) is 17.9 Å². The summed E-state index contributed by atoms with van der Waals surface area (Å²) in [6.45, 7) is 3.19. The number of amides is 1. The van der Waals surface area contributed by atoms with Gasteiger partial charge in [0.25, 0.3) is 0 Å². The second-order valence-electron chi connectivity index (χ2n) is 7.81. The summed E-state index contributed by atoms with van der Waals surface area (Å²) in [5.41, 5.74) is 2.75. The summed E-state index contributed by atoms with van der Waals surface area (Å²) in [6.07, 6.45) is 0.237. The highest BCUT2D eigenvalue weighted by molar-refractivity contribution is 5.92. The first-order valence-electron chi connectivity index (χ1n) is 11.5. The fourth-order valence-corrected chi connectivity index (χ4v) is 3.50. The van der Waals surface area contributed by atoms with E-state index in [1.165, 1.54) is 12.1 Å². The number of rotatable bonds is 11. The van der Waals surface area contributed by atoms with Crippen molar-refractivity contribution in [1.82, 2.24) is 14.8 Å². The van der Waals surface area contributed by atoms with Crippen LogP contribution in [-0.2, 0) is 16.0 Å². The predicted octanol–water partition coefficient (Wildman–Crippen LogP) is 4.68. The van der Waals surface area contributed by atoms with Crippen LogP contribution in [-0.4, -0.2) is 47.6 Å². The molecule has 4 rings (SSSR count). The third-order valence-electron chi connectivity index (χ3n) is 5.25. The van der Waals surface area contributed by atoms with Gasteiger partial charge in [0.05, 0.1) is 25.8 Å². The summed E-state index contributed by atoms with van der Waals surface area (Å²) in [5, 5.41) is 7.35. The van der Waals surface area contributed by atoms with Gasteiger partial charge in [-0.15, -0.1) is 5.10 Å². The molecule has 0 spiro atoms. The fraction of sp³-hybridized carbons (Fsp3) is 0.222. The lowest BCUT2D eigenvalue weighted by atomic mass is 10.1. The van der Waals surface area contributed by atoms with Crippen LogP contribution in [0.25, 0.3) is 17.1 Å². The summed E-state index contributed by atoms with van der Waals surface area (Å²) >= 11 is 0. The molecule has 8 nitrogen and oxygen atoms in total. The van der Waals surface area contributed by atoms with Crippen molar-refractivity contribution in [3.05, 3.63) is 84.2 Å². The van der Waals surface area contributed by atoms with Crippen LogP contribution in [0.1, 0.15) is 12.5 Å². The third kappa shape index (κ3) is 6.45. The Morgan fingerprint density at radius 3 is 2.50 bits per heavy atom. The molecule has 0 aliphatic heterocycles. The van der Waals surface area contributed by atoms with E-state index >= 15 is 0 Å². The molecule has 1 heterocycles. The Morgan fingerprint density at radius 2 is 1.81 bits per heavy atom. The van der Waals surface area contributed by atoms with Gasteiger partial charge in [-0.2, -0.15) is 4.98 Å². The molecule has 0 saturated heterocycles. The largest absolute Gasteiger partial charge is 0.497 e.